The summed E-state index contributed by atoms with van der Waals surface area (Å²) in [5, 5.41) is 6.61. The van der Waals surface area contributed by atoms with Gasteiger partial charge in [0.15, 0.2) is 5.82 Å². The predicted molar refractivity (Wildman–Crippen MR) is 57.6 cm³/mol. The smallest absolute Gasteiger partial charge is 0.256 e. The van der Waals surface area contributed by atoms with Gasteiger partial charge in [0, 0.05) is 24.9 Å². The Morgan fingerprint density at radius 1 is 1.31 bits per heavy atom. The maximum atomic E-state index is 12.6. The fourth-order valence-electron chi connectivity index (χ4n) is 1.27. The molecule has 0 unspecified atom stereocenters. The van der Waals surface area contributed by atoms with Crippen LogP contribution in [0.5, 0.6) is 0 Å². The van der Waals surface area contributed by atoms with E-state index in [4.69, 9.17) is 0 Å². The molecule has 82 valence electrons. The van der Waals surface area contributed by atoms with Crippen LogP contribution in [0.15, 0.2) is 36.5 Å². The Kier molecular flexibility index (Phi) is 2.68. The fraction of sp³-hybridized carbons (Fsp3) is 0.0909. The van der Waals surface area contributed by atoms with Gasteiger partial charge in [-0.1, -0.05) is 0 Å². The number of hydrogen-bond acceptors (Lipinski definition) is 2. The molecule has 0 spiro atoms. The second-order valence-electron chi connectivity index (χ2n) is 3.34. The van der Waals surface area contributed by atoms with Gasteiger partial charge < -0.3 is 5.32 Å². The molecule has 1 aromatic heterocycles. The van der Waals surface area contributed by atoms with Gasteiger partial charge in [-0.25, -0.2) is 4.39 Å². The minimum absolute atomic E-state index is 0.307. The van der Waals surface area contributed by atoms with Crippen molar-refractivity contribution in [3.05, 3.63) is 47.9 Å². The first-order valence-electron chi connectivity index (χ1n) is 4.72. The molecule has 0 fully saturated rings. The van der Waals surface area contributed by atoms with Gasteiger partial charge in [-0.2, -0.15) is 5.10 Å². The lowest BCUT2D eigenvalue weighted by Gasteiger charge is -2.01. The van der Waals surface area contributed by atoms with Gasteiger partial charge in [0.1, 0.15) is 5.82 Å². The standard InChI is InChI=1S/C11H10FN3O/c1-15-7-6-10(14-15)13-11(16)8-2-4-9(12)5-3-8/h2-7H,1H3,(H,13,14,16). The Labute approximate surface area is 91.7 Å². The van der Waals surface area contributed by atoms with Gasteiger partial charge in [0.25, 0.3) is 5.91 Å². The average molecular weight is 219 g/mol. The molecule has 2 aromatic rings. The molecule has 0 saturated heterocycles. The third-order valence-corrected chi connectivity index (χ3v) is 2.06. The van der Waals surface area contributed by atoms with Crippen LogP contribution >= 0.6 is 0 Å². The summed E-state index contributed by atoms with van der Waals surface area (Å²) in [5.74, 6) is -0.204. The number of aromatic nitrogens is 2. The molecule has 16 heavy (non-hydrogen) atoms. The van der Waals surface area contributed by atoms with Crippen molar-refractivity contribution >= 4 is 11.7 Å². The third kappa shape index (κ3) is 2.25. The van der Waals surface area contributed by atoms with E-state index in [0.717, 1.165) is 0 Å². The highest BCUT2D eigenvalue weighted by atomic mass is 19.1. The average Bonchev–Trinajstić information content (AvgIpc) is 2.65. The minimum atomic E-state index is -0.366. The Hall–Kier alpha value is -2.17. The molecule has 0 aliphatic heterocycles. The van der Waals surface area contributed by atoms with E-state index in [9.17, 15) is 9.18 Å². The lowest BCUT2D eigenvalue weighted by Crippen LogP contribution is -2.12. The van der Waals surface area contributed by atoms with Gasteiger partial charge in [0.05, 0.1) is 0 Å². The lowest BCUT2D eigenvalue weighted by atomic mass is 10.2. The Morgan fingerprint density at radius 3 is 2.56 bits per heavy atom. The number of nitrogens with zero attached hydrogens (tertiary/aromatic N) is 2. The molecule has 5 heteroatoms. The number of amides is 1. The molecule has 0 saturated carbocycles. The molecule has 0 aliphatic carbocycles. The molecule has 0 aliphatic rings. The van der Waals surface area contributed by atoms with Crippen LogP contribution in [0.3, 0.4) is 0 Å². The number of benzene rings is 1. The van der Waals surface area contributed by atoms with Crippen LogP contribution in [0.1, 0.15) is 10.4 Å². The van der Waals surface area contributed by atoms with Crippen molar-refractivity contribution in [1.82, 2.24) is 9.78 Å². The van der Waals surface area contributed by atoms with Crippen molar-refractivity contribution in [3.63, 3.8) is 0 Å². The highest BCUT2D eigenvalue weighted by Gasteiger charge is 2.07. The van der Waals surface area contributed by atoms with Crippen molar-refractivity contribution in [3.8, 4) is 0 Å². The normalized spacial score (nSPS) is 10.1. The second kappa shape index (κ2) is 4.14. The zero-order valence-corrected chi connectivity index (χ0v) is 8.64. The zero-order chi connectivity index (χ0) is 11.5. The summed E-state index contributed by atoms with van der Waals surface area (Å²) in [6.07, 6.45) is 1.72. The Morgan fingerprint density at radius 2 is 2.00 bits per heavy atom. The van der Waals surface area contributed by atoms with Gasteiger partial charge in [-0.15, -0.1) is 0 Å². The first-order chi connectivity index (χ1) is 7.65. The Bertz CT molecular complexity index is 504. The van der Waals surface area contributed by atoms with E-state index < -0.39 is 0 Å². The Balaban J connectivity index is 2.11. The van der Waals surface area contributed by atoms with Crippen LogP contribution in [-0.2, 0) is 7.05 Å². The van der Waals surface area contributed by atoms with E-state index in [1.54, 1.807) is 24.0 Å². The molecular formula is C11H10FN3O. The van der Waals surface area contributed by atoms with E-state index >= 15 is 0 Å². The van der Waals surface area contributed by atoms with Crippen LogP contribution in [0.2, 0.25) is 0 Å². The predicted octanol–water partition coefficient (Wildman–Crippen LogP) is 1.81. The topological polar surface area (TPSA) is 46.9 Å². The molecule has 0 bridgehead atoms. The quantitative estimate of drug-likeness (QED) is 0.837. The number of anilines is 1. The summed E-state index contributed by atoms with van der Waals surface area (Å²) in [7, 11) is 1.76. The fourth-order valence-corrected chi connectivity index (χ4v) is 1.27. The molecule has 0 radical (unpaired) electrons. The van der Waals surface area contributed by atoms with Crippen LogP contribution < -0.4 is 5.32 Å². The van der Waals surface area contributed by atoms with E-state index in [2.05, 4.69) is 10.4 Å². The molecule has 1 N–H and O–H groups in total. The van der Waals surface area contributed by atoms with E-state index in [1.807, 2.05) is 0 Å². The molecule has 4 nitrogen and oxygen atoms in total. The molecule has 1 amide bonds. The summed E-state index contributed by atoms with van der Waals surface area (Å²) in [5.41, 5.74) is 0.395. The molecule has 2 rings (SSSR count). The number of halogens is 1. The van der Waals surface area contributed by atoms with Crippen molar-refractivity contribution in [2.75, 3.05) is 5.32 Å². The number of carbonyl (C=O) groups is 1. The monoisotopic (exact) mass is 219 g/mol. The maximum absolute atomic E-state index is 12.6. The SMILES string of the molecule is Cn1ccc(NC(=O)c2ccc(F)cc2)n1. The van der Waals surface area contributed by atoms with Crippen LogP contribution in [0.25, 0.3) is 0 Å². The zero-order valence-electron chi connectivity index (χ0n) is 8.64. The van der Waals surface area contributed by atoms with E-state index in [-0.39, 0.29) is 11.7 Å². The highest BCUT2D eigenvalue weighted by Crippen LogP contribution is 2.07. The first kappa shape index (κ1) is 10.4. The molecule has 1 aromatic carbocycles. The summed E-state index contributed by atoms with van der Waals surface area (Å²) in [4.78, 5) is 11.7. The highest BCUT2D eigenvalue weighted by molar-refractivity contribution is 6.03. The number of carbonyl (C=O) groups excluding carboxylic acids is 1. The van der Waals surface area contributed by atoms with Crippen LogP contribution in [0, 0.1) is 5.82 Å². The molecular weight excluding hydrogens is 209 g/mol. The van der Waals surface area contributed by atoms with Gasteiger partial charge in [-0.3, -0.25) is 9.48 Å². The van der Waals surface area contributed by atoms with Crippen LogP contribution in [-0.4, -0.2) is 15.7 Å². The summed E-state index contributed by atoms with van der Waals surface area (Å²) in [6.45, 7) is 0. The van der Waals surface area contributed by atoms with Crippen LogP contribution in [0.4, 0.5) is 10.2 Å². The number of hydrogen-bond donors (Lipinski definition) is 1. The lowest BCUT2D eigenvalue weighted by molar-refractivity contribution is 0.102. The van der Waals surface area contributed by atoms with E-state index in [0.29, 0.717) is 11.4 Å². The van der Waals surface area contributed by atoms with Gasteiger partial charge in [-0.05, 0) is 24.3 Å². The maximum Gasteiger partial charge on any atom is 0.256 e. The third-order valence-electron chi connectivity index (χ3n) is 2.06. The van der Waals surface area contributed by atoms with E-state index in [1.165, 1.54) is 24.3 Å². The number of nitrogens with one attached hydrogen (secondary N) is 1. The van der Waals surface area contributed by atoms with Crippen molar-refractivity contribution < 1.29 is 9.18 Å². The molecule has 1 heterocycles. The summed E-state index contributed by atoms with van der Waals surface area (Å²) in [6, 6.07) is 7.02. The van der Waals surface area contributed by atoms with Gasteiger partial charge >= 0.3 is 0 Å². The second-order valence-corrected chi connectivity index (χ2v) is 3.34. The summed E-state index contributed by atoms with van der Waals surface area (Å²) >= 11 is 0. The molecule has 0 atom stereocenters. The van der Waals surface area contributed by atoms with Gasteiger partial charge in [0.2, 0.25) is 0 Å². The van der Waals surface area contributed by atoms with Crippen molar-refractivity contribution in [1.29, 1.82) is 0 Å². The summed E-state index contributed by atoms with van der Waals surface area (Å²) < 4.78 is 14.2. The number of aryl methyl sites for hydroxylation is 1. The first-order valence-corrected chi connectivity index (χ1v) is 4.72. The largest absolute Gasteiger partial charge is 0.305 e. The van der Waals surface area contributed by atoms with Crippen molar-refractivity contribution in [2.45, 2.75) is 0 Å². The minimum Gasteiger partial charge on any atom is -0.305 e. The van der Waals surface area contributed by atoms with Crippen molar-refractivity contribution in [2.24, 2.45) is 7.05 Å². The number of rotatable bonds is 2.